The van der Waals surface area contributed by atoms with E-state index in [0.717, 1.165) is 81.0 Å². The van der Waals surface area contributed by atoms with Gasteiger partial charge in [0, 0.05) is 55.5 Å². The van der Waals surface area contributed by atoms with Gasteiger partial charge in [0.25, 0.3) is 16.7 Å². The molecular formula is C29H35F2N3O3S. The molecule has 9 heteroatoms. The molecule has 6 nitrogen and oxygen atoms in total. The number of thiazole rings is 1. The highest BCUT2D eigenvalue weighted by Crippen LogP contribution is 2.35. The normalized spacial score (nSPS) is 20.4. The number of ether oxygens (including phenoxy) is 1. The van der Waals surface area contributed by atoms with Crippen molar-refractivity contribution in [2.75, 3.05) is 19.7 Å². The first-order valence-electron chi connectivity index (χ1n) is 13.5. The van der Waals surface area contributed by atoms with Crippen LogP contribution in [0.3, 0.4) is 0 Å². The zero-order chi connectivity index (χ0) is 26.9. The first kappa shape index (κ1) is 26.9. The molecule has 1 fully saturated rings. The summed E-state index contributed by atoms with van der Waals surface area (Å²) >= 11 is 1.39. The van der Waals surface area contributed by atoms with Crippen LogP contribution in [0.4, 0.5) is 8.78 Å². The number of nitrogens with zero attached hydrogens (tertiary/aromatic N) is 3. The largest absolute Gasteiger partial charge is 0.464 e. The van der Waals surface area contributed by atoms with Gasteiger partial charge in [-0.1, -0.05) is 36.3 Å². The topological polar surface area (TPSA) is 64.4 Å². The fourth-order valence-corrected chi connectivity index (χ4v) is 6.66. The molecular weight excluding hydrogens is 508 g/mol. The smallest absolute Gasteiger partial charge is 0.278 e. The molecule has 5 rings (SSSR count). The second-order valence-electron chi connectivity index (χ2n) is 11.0. The lowest BCUT2D eigenvalue weighted by Crippen LogP contribution is -2.32. The monoisotopic (exact) mass is 543 g/mol. The quantitative estimate of drug-likeness (QED) is 0.317. The number of aryl methyl sites for hydroxylation is 1. The van der Waals surface area contributed by atoms with Gasteiger partial charge in [-0.2, -0.15) is 0 Å². The van der Waals surface area contributed by atoms with E-state index in [1.54, 1.807) is 29.9 Å². The molecule has 0 bridgehead atoms. The SMILES string of the molecule is Cn1ccc2c(C(=O)CC3CCC(CCN4CCc5sc(OCC(C)(F)F)nc5C4)CC3)cccc2c1=O. The molecule has 1 aliphatic carbocycles. The maximum Gasteiger partial charge on any atom is 0.278 e. The van der Waals surface area contributed by atoms with Crippen LogP contribution >= 0.6 is 11.3 Å². The minimum atomic E-state index is -2.86. The van der Waals surface area contributed by atoms with Crippen LogP contribution in [-0.2, 0) is 20.0 Å². The number of hydrogen-bond donors (Lipinski definition) is 0. The number of hydrogen-bond acceptors (Lipinski definition) is 6. The van der Waals surface area contributed by atoms with Crippen LogP contribution in [-0.4, -0.2) is 45.9 Å². The molecule has 0 spiro atoms. The molecule has 0 N–H and O–H groups in total. The molecule has 1 saturated carbocycles. The standard InChI is InChI=1S/C29H35F2N3O3S/c1-29(30,31)18-37-28-32-24-17-34(15-12-26(24)38-28)14-10-19-6-8-20(9-7-19)16-25(35)22-4-3-5-23-21(22)11-13-33(2)27(23)36/h3-5,11,13,19-20H,6-10,12,14-18H2,1-2H3. The summed E-state index contributed by atoms with van der Waals surface area (Å²) in [7, 11) is 1.72. The van der Waals surface area contributed by atoms with E-state index in [4.69, 9.17) is 4.74 Å². The van der Waals surface area contributed by atoms with Gasteiger partial charge >= 0.3 is 0 Å². The molecule has 3 heterocycles. The average molecular weight is 544 g/mol. The Bertz CT molecular complexity index is 1360. The molecule has 0 saturated heterocycles. The van der Waals surface area contributed by atoms with E-state index in [-0.39, 0.29) is 11.3 Å². The van der Waals surface area contributed by atoms with E-state index < -0.39 is 12.5 Å². The Morgan fingerprint density at radius 3 is 2.68 bits per heavy atom. The summed E-state index contributed by atoms with van der Waals surface area (Å²) < 4.78 is 32.9. The summed E-state index contributed by atoms with van der Waals surface area (Å²) in [6.45, 7) is 2.91. The van der Waals surface area contributed by atoms with Gasteiger partial charge in [0.1, 0.15) is 0 Å². The third-order valence-electron chi connectivity index (χ3n) is 7.95. The second kappa shape index (κ2) is 11.2. The summed E-state index contributed by atoms with van der Waals surface area (Å²) in [6.07, 6.45) is 8.65. The Balaban J connectivity index is 1.08. The van der Waals surface area contributed by atoms with Gasteiger partial charge in [-0.15, -0.1) is 0 Å². The molecule has 2 aromatic heterocycles. The Morgan fingerprint density at radius 2 is 1.92 bits per heavy atom. The number of ketones is 1. The predicted molar refractivity (Wildman–Crippen MR) is 145 cm³/mol. The highest BCUT2D eigenvalue weighted by molar-refractivity contribution is 7.13. The number of carbonyl (C=O) groups excluding carboxylic acids is 1. The van der Waals surface area contributed by atoms with Gasteiger partial charge in [0.15, 0.2) is 12.4 Å². The molecule has 2 aliphatic rings. The number of fused-ring (bicyclic) bond motifs is 2. The van der Waals surface area contributed by atoms with Crippen LogP contribution in [0.2, 0.25) is 0 Å². The summed E-state index contributed by atoms with van der Waals surface area (Å²) in [6, 6.07) is 7.31. The van der Waals surface area contributed by atoms with Crippen molar-refractivity contribution in [3.8, 4) is 5.19 Å². The molecule has 0 unspecified atom stereocenters. The number of carbonyl (C=O) groups is 1. The van der Waals surface area contributed by atoms with Crippen LogP contribution in [0.5, 0.6) is 5.19 Å². The van der Waals surface area contributed by atoms with Gasteiger partial charge < -0.3 is 9.30 Å². The number of alkyl halides is 2. The highest BCUT2D eigenvalue weighted by Gasteiger charge is 2.27. The summed E-state index contributed by atoms with van der Waals surface area (Å²) in [4.78, 5) is 33.6. The minimum Gasteiger partial charge on any atom is -0.464 e. The first-order valence-corrected chi connectivity index (χ1v) is 14.3. The maximum atomic E-state index is 13.2. The zero-order valence-corrected chi connectivity index (χ0v) is 22.9. The third kappa shape index (κ3) is 6.31. The van der Waals surface area contributed by atoms with Crippen LogP contribution in [0.15, 0.2) is 35.3 Å². The van der Waals surface area contributed by atoms with Crippen molar-refractivity contribution in [3.63, 3.8) is 0 Å². The summed E-state index contributed by atoms with van der Waals surface area (Å²) in [5.41, 5.74) is 1.54. The lowest BCUT2D eigenvalue weighted by molar-refractivity contribution is -0.0230. The van der Waals surface area contributed by atoms with Crippen LogP contribution in [0.1, 0.15) is 66.4 Å². The molecule has 1 aromatic carbocycles. The zero-order valence-electron chi connectivity index (χ0n) is 22.1. The highest BCUT2D eigenvalue weighted by atomic mass is 32.1. The molecule has 3 aromatic rings. The predicted octanol–water partition coefficient (Wildman–Crippen LogP) is 5.86. The number of halogens is 2. The van der Waals surface area contributed by atoms with Crippen LogP contribution < -0.4 is 10.3 Å². The summed E-state index contributed by atoms with van der Waals surface area (Å²) in [5.74, 6) is -1.68. The molecule has 0 atom stereocenters. The third-order valence-corrected chi connectivity index (χ3v) is 9.02. The van der Waals surface area contributed by atoms with E-state index in [2.05, 4.69) is 9.88 Å². The Kier molecular flexibility index (Phi) is 7.95. The molecule has 38 heavy (non-hydrogen) atoms. The van der Waals surface area contributed by atoms with Gasteiger partial charge in [-0.05, 0) is 61.6 Å². The number of Topliss-reactive ketones (excluding diaryl/α,β-unsaturated/α-hetero) is 1. The molecule has 0 amide bonds. The Morgan fingerprint density at radius 1 is 1.16 bits per heavy atom. The van der Waals surface area contributed by atoms with Crippen molar-refractivity contribution >= 4 is 27.9 Å². The number of pyridine rings is 1. The van der Waals surface area contributed by atoms with E-state index >= 15 is 0 Å². The molecule has 1 aliphatic heterocycles. The van der Waals surface area contributed by atoms with Crippen molar-refractivity contribution in [2.45, 2.75) is 64.3 Å². The average Bonchev–Trinajstić information content (AvgIpc) is 3.31. The van der Waals surface area contributed by atoms with Crippen LogP contribution in [0, 0.1) is 11.8 Å². The van der Waals surface area contributed by atoms with E-state index in [1.165, 1.54) is 11.3 Å². The molecule has 204 valence electrons. The fraction of sp³-hybridized carbons (Fsp3) is 0.552. The van der Waals surface area contributed by atoms with Crippen molar-refractivity contribution in [1.29, 1.82) is 0 Å². The van der Waals surface area contributed by atoms with Crippen molar-refractivity contribution in [2.24, 2.45) is 18.9 Å². The van der Waals surface area contributed by atoms with E-state index in [1.807, 2.05) is 12.1 Å². The van der Waals surface area contributed by atoms with Crippen molar-refractivity contribution in [1.82, 2.24) is 14.5 Å². The van der Waals surface area contributed by atoms with Crippen molar-refractivity contribution < 1.29 is 18.3 Å². The lowest BCUT2D eigenvalue weighted by Gasteiger charge is -2.31. The Labute approximate surface area is 225 Å². The maximum absolute atomic E-state index is 13.2. The summed E-state index contributed by atoms with van der Waals surface area (Å²) in [5, 5.41) is 1.69. The van der Waals surface area contributed by atoms with E-state index in [0.29, 0.717) is 34.4 Å². The van der Waals surface area contributed by atoms with E-state index in [9.17, 15) is 18.4 Å². The van der Waals surface area contributed by atoms with Gasteiger partial charge in [-0.25, -0.2) is 13.8 Å². The van der Waals surface area contributed by atoms with Gasteiger partial charge in [0.2, 0.25) is 0 Å². The lowest BCUT2D eigenvalue weighted by atomic mass is 9.78. The second-order valence-corrected chi connectivity index (χ2v) is 12.1. The Hall–Kier alpha value is -2.65. The number of benzene rings is 1. The van der Waals surface area contributed by atoms with Gasteiger partial charge in [0.05, 0.1) is 5.69 Å². The van der Waals surface area contributed by atoms with Crippen molar-refractivity contribution in [3.05, 3.63) is 57.0 Å². The first-order chi connectivity index (χ1) is 18.2. The number of aromatic nitrogens is 2. The number of rotatable bonds is 9. The minimum absolute atomic E-state index is 0.0766. The molecule has 0 radical (unpaired) electrons. The van der Waals surface area contributed by atoms with Crippen LogP contribution in [0.25, 0.3) is 10.8 Å². The fourth-order valence-electron chi connectivity index (χ4n) is 5.75. The van der Waals surface area contributed by atoms with Gasteiger partial charge in [-0.3, -0.25) is 14.5 Å².